The Hall–Kier alpha value is -1.44. The molecule has 1 heterocycles. The zero-order chi connectivity index (χ0) is 16.3. The van der Waals surface area contributed by atoms with Gasteiger partial charge in [0, 0.05) is 18.7 Å². The largest absolute Gasteiger partial charge is 0.312 e. The molecular weight excluding hydrogens is 316 g/mol. The quantitative estimate of drug-likeness (QED) is 0.836. The Bertz CT molecular complexity index is 651. The molecular formula is C16H22N2O4S. The van der Waals surface area contributed by atoms with Gasteiger partial charge in [-0.3, -0.25) is 9.63 Å². The van der Waals surface area contributed by atoms with Crippen LogP contribution < -0.4 is 9.79 Å². The standard InChI is InChI=1S/C16H22N2O4S/c19-16-7-3-4-12-18(16)13-8-10-15(11-9-13)23(20,21)17-22-14-5-1-2-6-14/h8-11,14,17H,1-7,12H2. The summed E-state index contributed by atoms with van der Waals surface area (Å²) in [4.78, 5) is 21.3. The maximum absolute atomic E-state index is 12.2. The van der Waals surface area contributed by atoms with Gasteiger partial charge < -0.3 is 4.90 Å². The first kappa shape index (κ1) is 16.4. The van der Waals surface area contributed by atoms with Crippen molar-refractivity contribution < 1.29 is 18.0 Å². The Kier molecular flexibility index (Phi) is 4.99. The molecule has 1 aromatic carbocycles. The molecule has 0 spiro atoms. The first-order valence-electron chi connectivity index (χ1n) is 8.14. The van der Waals surface area contributed by atoms with Crippen LogP contribution in [-0.4, -0.2) is 27.0 Å². The van der Waals surface area contributed by atoms with E-state index in [1.54, 1.807) is 17.0 Å². The number of amides is 1. The molecule has 0 unspecified atom stereocenters. The molecule has 0 bridgehead atoms. The molecule has 0 atom stereocenters. The van der Waals surface area contributed by atoms with Gasteiger partial charge in [-0.05, 0) is 49.9 Å². The molecule has 1 aromatic rings. The van der Waals surface area contributed by atoms with E-state index < -0.39 is 10.0 Å². The summed E-state index contributed by atoms with van der Waals surface area (Å²) in [6.07, 6.45) is 6.34. The van der Waals surface area contributed by atoms with E-state index in [9.17, 15) is 13.2 Å². The molecule has 2 aliphatic rings. The predicted molar refractivity (Wildman–Crippen MR) is 86.3 cm³/mol. The summed E-state index contributed by atoms with van der Waals surface area (Å²) in [5.74, 6) is 0.0922. The fourth-order valence-electron chi connectivity index (χ4n) is 3.07. The number of rotatable bonds is 5. The molecule has 23 heavy (non-hydrogen) atoms. The lowest BCUT2D eigenvalue weighted by atomic mass is 10.1. The minimum Gasteiger partial charge on any atom is -0.312 e. The van der Waals surface area contributed by atoms with Crippen LogP contribution >= 0.6 is 0 Å². The lowest BCUT2D eigenvalue weighted by Gasteiger charge is -2.26. The third-order valence-corrected chi connectivity index (χ3v) is 5.62. The average molecular weight is 338 g/mol. The van der Waals surface area contributed by atoms with Crippen molar-refractivity contribution in [2.45, 2.75) is 55.9 Å². The van der Waals surface area contributed by atoms with Gasteiger partial charge in [0.25, 0.3) is 10.0 Å². The highest BCUT2D eigenvalue weighted by atomic mass is 32.2. The number of piperidine rings is 1. The van der Waals surface area contributed by atoms with Crippen LogP contribution in [-0.2, 0) is 19.7 Å². The van der Waals surface area contributed by atoms with Gasteiger partial charge in [-0.2, -0.15) is 0 Å². The Morgan fingerprint density at radius 1 is 1.04 bits per heavy atom. The molecule has 2 fully saturated rings. The van der Waals surface area contributed by atoms with Crippen LogP contribution in [0.15, 0.2) is 29.2 Å². The number of hydrogen-bond acceptors (Lipinski definition) is 4. The van der Waals surface area contributed by atoms with Crippen molar-refractivity contribution in [2.24, 2.45) is 0 Å². The van der Waals surface area contributed by atoms with Crippen LogP contribution in [0, 0.1) is 0 Å². The summed E-state index contributed by atoms with van der Waals surface area (Å²) >= 11 is 0. The van der Waals surface area contributed by atoms with Crippen LogP contribution in [0.3, 0.4) is 0 Å². The van der Waals surface area contributed by atoms with Crippen LogP contribution in [0.25, 0.3) is 0 Å². The van der Waals surface area contributed by atoms with Gasteiger partial charge in [-0.25, -0.2) is 8.42 Å². The number of anilines is 1. The first-order valence-corrected chi connectivity index (χ1v) is 9.62. The minimum atomic E-state index is -3.68. The minimum absolute atomic E-state index is 0.0324. The molecule has 0 aromatic heterocycles. The maximum atomic E-state index is 12.2. The van der Waals surface area contributed by atoms with Crippen molar-refractivity contribution in [3.63, 3.8) is 0 Å². The van der Waals surface area contributed by atoms with Crippen molar-refractivity contribution in [3.8, 4) is 0 Å². The fraction of sp³-hybridized carbons (Fsp3) is 0.562. The molecule has 126 valence electrons. The summed E-state index contributed by atoms with van der Waals surface area (Å²) in [7, 11) is -3.68. The third kappa shape index (κ3) is 3.91. The summed E-state index contributed by atoms with van der Waals surface area (Å²) < 4.78 is 24.4. The molecule has 6 nitrogen and oxygen atoms in total. The van der Waals surface area contributed by atoms with Crippen molar-refractivity contribution in [2.75, 3.05) is 11.4 Å². The maximum Gasteiger partial charge on any atom is 0.262 e. The molecule has 1 aliphatic carbocycles. The van der Waals surface area contributed by atoms with E-state index in [0.29, 0.717) is 13.0 Å². The molecule has 3 rings (SSSR count). The lowest BCUT2D eigenvalue weighted by molar-refractivity contribution is -0.119. The fourth-order valence-corrected chi connectivity index (χ4v) is 3.92. The smallest absolute Gasteiger partial charge is 0.262 e. The highest BCUT2D eigenvalue weighted by Gasteiger charge is 2.22. The molecule has 1 N–H and O–H groups in total. The second-order valence-electron chi connectivity index (χ2n) is 6.11. The van der Waals surface area contributed by atoms with Crippen molar-refractivity contribution >= 4 is 21.6 Å². The number of nitrogens with zero attached hydrogens (tertiary/aromatic N) is 1. The number of benzene rings is 1. The van der Waals surface area contributed by atoms with E-state index in [1.807, 2.05) is 0 Å². The van der Waals surface area contributed by atoms with E-state index in [4.69, 9.17) is 4.84 Å². The average Bonchev–Trinajstić information content (AvgIpc) is 3.07. The van der Waals surface area contributed by atoms with Gasteiger partial charge >= 0.3 is 0 Å². The molecule has 1 aliphatic heterocycles. The number of carbonyl (C=O) groups excluding carboxylic acids is 1. The van der Waals surface area contributed by atoms with Gasteiger partial charge in [0.15, 0.2) is 0 Å². The Balaban J connectivity index is 1.66. The molecule has 1 saturated heterocycles. The summed E-state index contributed by atoms with van der Waals surface area (Å²) in [6.45, 7) is 0.688. The summed E-state index contributed by atoms with van der Waals surface area (Å²) in [5, 5.41) is 0. The second-order valence-corrected chi connectivity index (χ2v) is 7.75. The molecule has 0 radical (unpaired) electrons. The highest BCUT2D eigenvalue weighted by molar-refractivity contribution is 7.89. The third-order valence-electron chi connectivity index (χ3n) is 4.41. The van der Waals surface area contributed by atoms with E-state index >= 15 is 0 Å². The van der Waals surface area contributed by atoms with Gasteiger partial charge in [-0.15, -0.1) is 0 Å². The predicted octanol–water partition coefficient (Wildman–Crippen LogP) is 2.36. The topological polar surface area (TPSA) is 75.7 Å². The SMILES string of the molecule is O=C1CCCCN1c1ccc(S(=O)(=O)NOC2CCCC2)cc1. The highest BCUT2D eigenvalue weighted by Crippen LogP contribution is 2.23. The molecule has 7 heteroatoms. The Labute approximate surface area is 136 Å². The number of sulfonamides is 1. The summed E-state index contributed by atoms with van der Waals surface area (Å²) in [5.41, 5.74) is 0.741. The van der Waals surface area contributed by atoms with Crippen LogP contribution in [0.2, 0.25) is 0 Å². The lowest BCUT2D eigenvalue weighted by Crippen LogP contribution is -2.35. The summed E-state index contributed by atoms with van der Waals surface area (Å²) in [6, 6.07) is 6.37. The van der Waals surface area contributed by atoms with Crippen molar-refractivity contribution in [1.82, 2.24) is 4.89 Å². The number of hydrogen-bond donors (Lipinski definition) is 1. The first-order chi connectivity index (χ1) is 11.1. The van der Waals surface area contributed by atoms with Crippen LogP contribution in [0.4, 0.5) is 5.69 Å². The van der Waals surface area contributed by atoms with Crippen molar-refractivity contribution in [1.29, 1.82) is 0 Å². The van der Waals surface area contributed by atoms with Crippen molar-refractivity contribution in [3.05, 3.63) is 24.3 Å². The van der Waals surface area contributed by atoms with Gasteiger partial charge in [0.1, 0.15) is 0 Å². The Morgan fingerprint density at radius 2 is 1.74 bits per heavy atom. The zero-order valence-corrected chi connectivity index (χ0v) is 13.8. The number of nitrogens with one attached hydrogen (secondary N) is 1. The van der Waals surface area contributed by atoms with E-state index in [0.717, 1.165) is 44.2 Å². The molecule has 1 saturated carbocycles. The van der Waals surface area contributed by atoms with E-state index in [1.165, 1.54) is 12.1 Å². The number of carbonyl (C=O) groups is 1. The van der Waals surface area contributed by atoms with Gasteiger partial charge in [-0.1, -0.05) is 17.7 Å². The van der Waals surface area contributed by atoms with Gasteiger partial charge in [0.05, 0.1) is 11.0 Å². The van der Waals surface area contributed by atoms with Crippen LogP contribution in [0.1, 0.15) is 44.9 Å². The molecule has 1 amide bonds. The monoisotopic (exact) mass is 338 g/mol. The second kappa shape index (κ2) is 6.98. The van der Waals surface area contributed by atoms with Gasteiger partial charge in [0.2, 0.25) is 5.91 Å². The Morgan fingerprint density at radius 3 is 2.39 bits per heavy atom. The van der Waals surface area contributed by atoms with E-state index in [2.05, 4.69) is 4.89 Å². The normalized spacial score (nSPS) is 20.2. The van der Waals surface area contributed by atoms with Crippen LogP contribution in [0.5, 0.6) is 0 Å². The zero-order valence-electron chi connectivity index (χ0n) is 13.0. The van der Waals surface area contributed by atoms with E-state index in [-0.39, 0.29) is 16.9 Å².